The first-order valence-electron chi connectivity index (χ1n) is 6.63. The van der Waals surface area contributed by atoms with Crippen LogP contribution in [-0.4, -0.2) is 18.5 Å². The Balaban J connectivity index is 1.67. The molecule has 0 saturated carbocycles. The molecule has 1 aromatic rings. The van der Waals surface area contributed by atoms with Gasteiger partial charge >= 0.3 is 0 Å². The normalized spacial score (nSPS) is 26.8. The van der Waals surface area contributed by atoms with Gasteiger partial charge in [0.15, 0.2) is 0 Å². The van der Waals surface area contributed by atoms with Gasteiger partial charge in [0, 0.05) is 30.7 Å². The van der Waals surface area contributed by atoms with Crippen molar-refractivity contribution in [3.05, 3.63) is 29.3 Å². The zero-order valence-corrected chi connectivity index (χ0v) is 10.4. The summed E-state index contributed by atoms with van der Waals surface area (Å²) in [6.07, 6.45) is 3.80. The van der Waals surface area contributed by atoms with Gasteiger partial charge in [-0.2, -0.15) is 0 Å². The molecule has 4 nitrogen and oxygen atoms in total. The minimum absolute atomic E-state index is 0.174. The number of hydrogen-bond donors (Lipinski definition) is 3. The molecule has 1 heterocycles. The van der Waals surface area contributed by atoms with E-state index in [4.69, 9.17) is 5.73 Å². The molecule has 1 aromatic carbocycles. The van der Waals surface area contributed by atoms with Gasteiger partial charge in [-0.05, 0) is 42.5 Å². The zero-order valence-electron chi connectivity index (χ0n) is 10.4. The van der Waals surface area contributed by atoms with Crippen LogP contribution in [0.25, 0.3) is 0 Å². The summed E-state index contributed by atoms with van der Waals surface area (Å²) in [4.78, 5) is 11.1. The number of fused-ring (bicyclic) bond motifs is 1. The second-order valence-corrected chi connectivity index (χ2v) is 5.26. The van der Waals surface area contributed by atoms with E-state index >= 15 is 0 Å². The molecule has 2 unspecified atom stereocenters. The smallest absolute Gasteiger partial charge is 0.220 e. The quantitative estimate of drug-likeness (QED) is 0.684. The maximum Gasteiger partial charge on any atom is 0.220 e. The summed E-state index contributed by atoms with van der Waals surface area (Å²) in [5.74, 6) is 0.174. The predicted octanol–water partition coefficient (Wildman–Crippen LogP) is 1.12. The molecule has 1 amide bonds. The first kappa shape index (κ1) is 11.5. The van der Waals surface area contributed by atoms with Crippen molar-refractivity contribution in [3.63, 3.8) is 0 Å². The van der Waals surface area contributed by atoms with Crippen LogP contribution in [0.1, 0.15) is 36.4 Å². The van der Waals surface area contributed by atoms with Gasteiger partial charge in [-0.25, -0.2) is 0 Å². The largest absolute Gasteiger partial charge is 0.399 e. The average molecular weight is 245 g/mol. The third kappa shape index (κ3) is 2.20. The third-order valence-corrected chi connectivity index (χ3v) is 3.95. The van der Waals surface area contributed by atoms with E-state index < -0.39 is 0 Å². The predicted molar refractivity (Wildman–Crippen MR) is 71.1 cm³/mol. The minimum Gasteiger partial charge on any atom is -0.399 e. The molecule has 1 saturated heterocycles. The van der Waals surface area contributed by atoms with E-state index in [9.17, 15) is 4.79 Å². The summed E-state index contributed by atoms with van der Waals surface area (Å²) in [6, 6.07) is 7.01. The lowest BCUT2D eigenvalue weighted by atomic mass is 10.0. The molecule has 3 rings (SSSR count). The molecule has 0 spiro atoms. The van der Waals surface area contributed by atoms with Crippen LogP contribution in [0.5, 0.6) is 0 Å². The van der Waals surface area contributed by atoms with Gasteiger partial charge in [0.05, 0.1) is 0 Å². The number of hydrogen-bond acceptors (Lipinski definition) is 3. The van der Waals surface area contributed by atoms with Crippen LogP contribution in [0.2, 0.25) is 0 Å². The van der Waals surface area contributed by atoms with Gasteiger partial charge < -0.3 is 16.4 Å². The first-order chi connectivity index (χ1) is 8.72. The van der Waals surface area contributed by atoms with Crippen molar-refractivity contribution in [1.29, 1.82) is 0 Å². The highest BCUT2D eigenvalue weighted by atomic mass is 16.1. The van der Waals surface area contributed by atoms with Gasteiger partial charge in [-0.3, -0.25) is 4.79 Å². The van der Waals surface area contributed by atoms with E-state index in [1.165, 1.54) is 11.1 Å². The number of rotatable bonds is 2. The Labute approximate surface area is 107 Å². The van der Waals surface area contributed by atoms with Crippen LogP contribution in [0.4, 0.5) is 5.69 Å². The van der Waals surface area contributed by atoms with Crippen molar-refractivity contribution in [3.8, 4) is 0 Å². The van der Waals surface area contributed by atoms with Crippen molar-refractivity contribution in [2.75, 3.05) is 12.3 Å². The first-order valence-corrected chi connectivity index (χ1v) is 6.63. The number of piperidine rings is 1. The summed E-state index contributed by atoms with van der Waals surface area (Å²) < 4.78 is 0. The highest BCUT2D eigenvalue weighted by molar-refractivity contribution is 5.76. The van der Waals surface area contributed by atoms with Gasteiger partial charge in [0.1, 0.15) is 0 Å². The maximum absolute atomic E-state index is 11.1. The lowest BCUT2D eigenvalue weighted by Crippen LogP contribution is -2.46. The summed E-state index contributed by atoms with van der Waals surface area (Å²) >= 11 is 0. The van der Waals surface area contributed by atoms with Crippen molar-refractivity contribution in [2.24, 2.45) is 0 Å². The van der Waals surface area contributed by atoms with E-state index in [1.807, 2.05) is 6.07 Å². The Hall–Kier alpha value is -1.55. The summed E-state index contributed by atoms with van der Waals surface area (Å²) in [6.45, 7) is 0.750. The molecule has 1 aliphatic heterocycles. The Kier molecular flexibility index (Phi) is 2.96. The van der Waals surface area contributed by atoms with Gasteiger partial charge in [-0.15, -0.1) is 0 Å². The van der Waals surface area contributed by atoms with Crippen LogP contribution >= 0.6 is 0 Å². The van der Waals surface area contributed by atoms with Crippen LogP contribution in [0.3, 0.4) is 0 Å². The van der Waals surface area contributed by atoms with Crippen LogP contribution in [-0.2, 0) is 11.2 Å². The number of amides is 1. The van der Waals surface area contributed by atoms with E-state index in [0.29, 0.717) is 18.5 Å². The monoisotopic (exact) mass is 245 g/mol. The molecule has 1 aliphatic carbocycles. The topological polar surface area (TPSA) is 67.1 Å². The number of carbonyl (C=O) groups is 1. The Morgan fingerprint density at radius 1 is 1.28 bits per heavy atom. The standard InChI is InChI=1S/C14H19N3O/c15-10-2-4-12-9(7-10)1-5-13(12)17-11-3-6-14(18)16-8-11/h2,4,7,11,13,17H,1,3,5-6,8,15H2,(H,16,18). The molecule has 0 radical (unpaired) electrons. The van der Waals surface area contributed by atoms with Crippen LogP contribution in [0, 0.1) is 0 Å². The fourth-order valence-electron chi connectivity index (χ4n) is 2.97. The average Bonchev–Trinajstić information content (AvgIpc) is 2.74. The fraction of sp³-hybridized carbons (Fsp3) is 0.500. The van der Waals surface area contributed by atoms with Crippen LogP contribution < -0.4 is 16.4 Å². The molecule has 96 valence electrons. The summed E-state index contributed by atoms with van der Waals surface area (Å²) in [7, 11) is 0. The Morgan fingerprint density at radius 3 is 2.94 bits per heavy atom. The lowest BCUT2D eigenvalue weighted by Gasteiger charge is -2.27. The molecule has 2 aliphatic rings. The van der Waals surface area contributed by atoms with Crippen LogP contribution in [0.15, 0.2) is 18.2 Å². The molecule has 4 N–H and O–H groups in total. The molecule has 0 aromatic heterocycles. The van der Waals surface area contributed by atoms with E-state index in [0.717, 1.165) is 31.5 Å². The number of nitrogen functional groups attached to an aromatic ring is 1. The second kappa shape index (κ2) is 4.61. The summed E-state index contributed by atoms with van der Waals surface area (Å²) in [5.41, 5.74) is 9.40. The Bertz CT molecular complexity index is 462. The second-order valence-electron chi connectivity index (χ2n) is 5.26. The molecular formula is C14H19N3O. The number of benzene rings is 1. The number of aryl methyl sites for hydroxylation is 1. The SMILES string of the molecule is Nc1ccc2c(c1)CCC2NC1CCC(=O)NC1. The van der Waals surface area contributed by atoms with E-state index in [1.54, 1.807) is 0 Å². The molecule has 18 heavy (non-hydrogen) atoms. The van der Waals surface area contributed by atoms with Gasteiger partial charge in [0.25, 0.3) is 0 Å². The van der Waals surface area contributed by atoms with Crippen molar-refractivity contribution in [1.82, 2.24) is 10.6 Å². The molecular weight excluding hydrogens is 226 g/mol. The Morgan fingerprint density at radius 2 is 2.17 bits per heavy atom. The summed E-state index contributed by atoms with van der Waals surface area (Å²) in [5, 5.41) is 6.58. The zero-order chi connectivity index (χ0) is 12.5. The van der Waals surface area contributed by atoms with Crippen molar-refractivity contribution >= 4 is 11.6 Å². The van der Waals surface area contributed by atoms with Crippen molar-refractivity contribution < 1.29 is 4.79 Å². The van der Waals surface area contributed by atoms with E-state index in [2.05, 4.69) is 22.8 Å². The highest BCUT2D eigenvalue weighted by Crippen LogP contribution is 2.32. The highest BCUT2D eigenvalue weighted by Gasteiger charge is 2.26. The fourth-order valence-corrected chi connectivity index (χ4v) is 2.97. The molecule has 2 atom stereocenters. The maximum atomic E-state index is 11.1. The van der Waals surface area contributed by atoms with Crippen molar-refractivity contribution in [2.45, 2.75) is 37.8 Å². The molecule has 1 fully saturated rings. The molecule has 4 heteroatoms. The lowest BCUT2D eigenvalue weighted by molar-refractivity contribution is -0.122. The van der Waals surface area contributed by atoms with Gasteiger partial charge in [0.2, 0.25) is 5.91 Å². The third-order valence-electron chi connectivity index (χ3n) is 3.95. The number of nitrogens with one attached hydrogen (secondary N) is 2. The molecule has 0 bridgehead atoms. The number of carbonyl (C=O) groups excluding carboxylic acids is 1. The van der Waals surface area contributed by atoms with E-state index in [-0.39, 0.29) is 5.91 Å². The van der Waals surface area contributed by atoms with Gasteiger partial charge in [-0.1, -0.05) is 6.07 Å². The minimum atomic E-state index is 0.174. The number of nitrogens with two attached hydrogens (primary N) is 1. The number of anilines is 1.